The summed E-state index contributed by atoms with van der Waals surface area (Å²) in [6.45, 7) is 1.89. The number of aryl methyl sites for hydroxylation is 1. The maximum absolute atomic E-state index is 13.3. The van der Waals surface area contributed by atoms with Crippen LogP contribution in [-0.4, -0.2) is 49.1 Å². The first kappa shape index (κ1) is 18.8. The number of aliphatic imine (C=N–C) groups is 1. The van der Waals surface area contributed by atoms with Gasteiger partial charge >= 0.3 is 0 Å². The van der Waals surface area contributed by atoms with Crippen LogP contribution in [0, 0.1) is 12.7 Å². The molecule has 1 aromatic heterocycles. The zero-order valence-corrected chi connectivity index (χ0v) is 14.3. The minimum Gasteiger partial charge on any atom is -0.364 e. The van der Waals surface area contributed by atoms with Crippen LogP contribution < -0.4 is 15.5 Å². The van der Waals surface area contributed by atoms with E-state index in [1.165, 1.54) is 18.2 Å². The molecule has 1 aromatic carbocycles. The lowest BCUT2D eigenvalue weighted by Crippen LogP contribution is -2.28. The van der Waals surface area contributed by atoms with E-state index >= 15 is 0 Å². The Morgan fingerprint density at radius 1 is 1.36 bits per heavy atom. The SMILES string of the molecule is Cc1cc(N=C(NO)c2nonc2NCCNS(C)(=O)=O)ccc1F. The van der Waals surface area contributed by atoms with E-state index < -0.39 is 10.0 Å². The Morgan fingerprint density at radius 2 is 2.12 bits per heavy atom. The minimum atomic E-state index is -3.30. The molecule has 25 heavy (non-hydrogen) atoms. The molecule has 1 heterocycles. The summed E-state index contributed by atoms with van der Waals surface area (Å²) < 4.78 is 42.2. The van der Waals surface area contributed by atoms with Gasteiger partial charge in [0.05, 0.1) is 11.9 Å². The Hall–Kier alpha value is -2.57. The Kier molecular flexibility index (Phi) is 6.01. The summed E-state index contributed by atoms with van der Waals surface area (Å²) >= 11 is 0. The summed E-state index contributed by atoms with van der Waals surface area (Å²) in [6, 6.07) is 4.17. The highest BCUT2D eigenvalue weighted by Gasteiger charge is 2.16. The predicted molar refractivity (Wildman–Crippen MR) is 87.9 cm³/mol. The number of hydroxylamine groups is 1. The second-order valence-electron chi connectivity index (χ2n) is 5.06. The van der Waals surface area contributed by atoms with E-state index in [4.69, 9.17) is 0 Å². The number of anilines is 1. The molecule has 12 heteroatoms. The van der Waals surface area contributed by atoms with E-state index in [0.717, 1.165) is 6.26 Å². The Bertz CT molecular complexity index is 867. The van der Waals surface area contributed by atoms with Gasteiger partial charge in [0.2, 0.25) is 15.8 Å². The third kappa shape index (κ3) is 5.48. The number of halogens is 1. The van der Waals surface area contributed by atoms with Gasteiger partial charge < -0.3 is 5.32 Å². The lowest BCUT2D eigenvalue weighted by Gasteiger charge is -2.06. The highest BCUT2D eigenvalue weighted by molar-refractivity contribution is 7.88. The zero-order valence-electron chi connectivity index (χ0n) is 13.4. The molecular weight excluding hydrogens is 355 g/mol. The lowest BCUT2D eigenvalue weighted by molar-refractivity contribution is 0.234. The van der Waals surface area contributed by atoms with Gasteiger partial charge in [-0.2, -0.15) is 0 Å². The molecule has 0 atom stereocenters. The first-order valence-electron chi connectivity index (χ1n) is 7.06. The lowest BCUT2D eigenvalue weighted by atomic mass is 10.2. The Balaban J connectivity index is 2.14. The average molecular weight is 372 g/mol. The van der Waals surface area contributed by atoms with Crippen molar-refractivity contribution in [2.75, 3.05) is 24.7 Å². The number of nitrogens with one attached hydrogen (secondary N) is 3. The largest absolute Gasteiger partial charge is 0.364 e. The smallest absolute Gasteiger partial charge is 0.208 e. The van der Waals surface area contributed by atoms with Crippen LogP contribution in [0.5, 0.6) is 0 Å². The number of benzene rings is 1. The molecule has 0 spiro atoms. The van der Waals surface area contributed by atoms with Gasteiger partial charge in [-0.25, -0.2) is 27.2 Å². The van der Waals surface area contributed by atoms with Crippen LogP contribution in [0.15, 0.2) is 27.8 Å². The quantitative estimate of drug-likeness (QED) is 0.239. The van der Waals surface area contributed by atoms with Crippen molar-refractivity contribution < 1.29 is 22.6 Å². The summed E-state index contributed by atoms with van der Waals surface area (Å²) in [7, 11) is -3.30. The standard InChI is InChI=1S/C13H17FN6O4S/c1-8-7-9(3-4-10(8)14)17-13(18-21)11-12(20-24-19-11)15-5-6-16-25(2,22)23/h3-4,7,16,21H,5-6H2,1-2H3,(H,15,20)(H,17,18). The molecule has 136 valence electrons. The Morgan fingerprint density at radius 3 is 2.76 bits per heavy atom. The van der Waals surface area contributed by atoms with Crippen LogP contribution in [0.3, 0.4) is 0 Å². The molecule has 10 nitrogen and oxygen atoms in total. The molecule has 2 aromatic rings. The van der Waals surface area contributed by atoms with E-state index in [1.54, 1.807) is 6.92 Å². The van der Waals surface area contributed by atoms with Crippen molar-refractivity contribution in [2.24, 2.45) is 4.99 Å². The van der Waals surface area contributed by atoms with Crippen molar-refractivity contribution in [3.05, 3.63) is 35.3 Å². The van der Waals surface area contributed by atoms with Crippen molar-refractivity contribution >= 4 is 27.4 Å². The molecule has 0 unspecified atom stereocenters. The molecule has 0 aliphatic carbocycles. The molecule has 0 saturated heterocycles. The van der Waals surface area contributed by atoms with Gasteiger partial charge in [0.1, 0.15) is 5.82 Å². The molecule has 2 rings (SSSR count). The molecule has 0 radical (unpaired) electrons. The van der Waals surface area contributed by atoms with E-state index in [2.05, 4.69) is 30.0 Å². The van der Waals surface area contributed by atoms with Crippen molar-refractivity contribution in [3.8, 4) is 0 Å². The van der Waals surface area contributed by atoms with Crippen molar-refractivity contribution in [1.29, 1.82) is 0 Å². The van der Waals surface area contributed by atoms with Crippen LogP contribution >= 0.6 is 0 Å². The predicted octanol–water partition coefficient (Wildman–Crippen LogP) is 0.535. The molecule has 0 aliphatic heterocycles. The minimum absolute atomic E-state index is 0.0730. The van der Waals surface area contributed by atoms with Crippen molar-refractivity contribution in [3.63, 3.8) is 0 Å². The fraction of sp³-hybridized carbons (Fsp3) is 0.308. The van der Waals surface area contributed by atoms with Crippen LogP contribution in [0.2, 0.25) is 0 Å². The molecule has 0 aliphatic rings. The van der Waals surface area contributed by atoms with Gasteiger partial charge in [0.15, 0.2) is 11.5 Å². The van der Waals surface area contributed by atoms with Crippen LogP contribution in [0.1, 0.15) is 11.3 Å². The van der Waals surface area contributed by atoms with E-state index in [-0.39, 0.29) is 36.3 Å². The number of rotatable bonds is 7. The van der Waals surface area contributed by atoms with E-state index in [9.17, 15) is 18.0 Å². The molecular formula is C13H17FN6O4S. The number of nitrogens with zero attached hydrogens (tertiary/aromatic N) is 3. The molecule has 0 fully saturated rings. The maximum Gasteiger partial charge on any atom is 0.208 e. The van der Waals surface area contributed by atoms with Gasteiger partial charge in [0.25, 0.3) is 0 Å². The second-order valence-corrected chi connectivity index (χ2v) is 6.89. The first-order valence-corrected chi connectivity index (χ1v) is 8.95. The number of hydrogen-bond donors (Lipinski definition) is 4. The fourth-order valence-electron chi connectivity index (χ4n) is 1.84. The second kappa shape index (κ2) is 8.00. The highest BCUT2D eigenvalue weighted by Crippen LogP contribution is 2.19. The fourth-order valence-corrected chi connectivity index (χ4v) is 2.31. The summed E-state index contributed by atoms with van der Waals surface area (Å²) in [5, 5.41) is 19.4. The van der Waals surface area contributed by atoms with E-state index in [0.29, 0.717) is 11.3 Å². The van der Waals surface area contributed by atoms with Gasteiger partial charge in [-0.1, -0.05) is 0 Å². The summed E-state index contributed by atoms with van der Waals surface area (Å²) in [6.07, 6.45) is 1.04. The van der Waals surface area contributed by atoms with Gasteiger partial charge in [0, 0.05) is 13.1 Å². The van der Waals surface area contributed by atoms with Crippen LogP contribution in [0.25, 0.3) is 0 Å². The number of aromatic nitrogens is 2. The third-order valence-corrected chi connectivity index (χ3v) is 3.71. The van der Waals surface area contributed by atoms with Crippen LogP contribution in [0.4, 0.5) is 15.9 Å². The average Bonchev–Trinajstić information content (AvgIpc) is 3.00. The number of amidine groups is 1. The van der Waals surface area contributed by atoms with Crippen molar-refractivity contribution in [1.82, 2.24) is 20.5 Å². The maximum atomic E-state index is 13.3. The van der Waals surface area contributed by atoms with Crippen molar-refractivity contribution in [2.45, 2.75) is 6.92 Å². The third-order valence-electron chi connectivity index (χ3n) is 2.98. The highest BCUT2D eigenvalue weighted by atomic mass is 32.2. The van der Waals surface area contributed by atoms with Gasteiger partial charge in [-0.3, -0.25) is 10.7 Å². The molecule has 4 N–H and O–H groups in total. The summed E-state index contributed by atoms with van der Waals surface area (Å²) in [5.41, 5.74) is 2.73. The van der Waals surface area contributed by atoms with E-state index in [1.807, 2.05) is 5.48 Å². The normalized spacial score (nSPS) is 12.2. The number of hydrogen-bond acceptors (Lipinski definition) is 8. The van der Waals surface area contributed by atoms with Gasteiger partial charge in [-0.05, 0) is 41.0 Å². The zero-order chi connectivity index (χ0) is 18.4. The first-order chi connectivity index (χ1) is 11.8. The van der Waals surface area contributed by atoms with Crippen LogP contribution in [-0.2, 0) is 10.0 Å². The topological polar surface area (TPSA) is 142 Å². The monoisotopic (exact) mass is 372 g/mol. The van der Waals surface area contributed by atoms with Gasteiger partial charge in [-0.15, -0.1) is 0 Å². The Labute approximate surface area is 143 Å². The summed E-state index contributed by atoms with van der Waals surface area (Å²) in [5.74, 6) is -0.304. The molecule has 0 amide bonds. The molecule has 0 saturated carbocycles. The molecule has 0 bridgehead atoms. The number of sulfonamides is 1. The summed E-state index contributed by atoms with van der Waals surface area (Å²) in [4.78, 5) is 4.12.